The number of aromatic nitrogens is 1. The topological polar surface area (TPSA) is 68.7 Å². The molecule has 0 aromatic carbocycles. The number of ether oxygens (including phenoxy) is 2. The van der Waals surface area contributed by atoms with Crippen LogP contribution in [-0.2, 0) is 9.47 Å². The number of hydrogen-bond donors (Lipinski definition) is 1. The van der Waals surface area contributed by atoms with Crippen molar-refractivity contribution in [1.82, 2.24) is 4.98 Å². The molecule has 1 N–H and O–H groups in total. The molecular weight excluding hydrogens is 253 g/mol. The van der Waals surface area contributed by atoms with E-state index >= 15 is 0 Å². The molecule has 0 bridgehead atoms. The molecule has 19 heavy (non-hydrogen) atoms. The van der Waals surface area contributed by atoms with Crippen LogP contribution in [0.25, 0.3) is 0 Å². The molecule has 2 heterocycles. The number of esters is 1. The summed E-state index contributed by atoms with van der Waals surface area (Å²) in [6.45, 7) is 1.79. The minimum atomic E-state index is -1.43. The lowest BCUT2D eigenvalue weighted by molar-refractivity contribution is 0.00749. The van der Waals surface area contributed by atoms with Crippen molar-refractivity contribution in [1.29, 1.82) is 0 Å². The van der Waals surface area contributed by atoms with E-state index in [2.05, 4.69) is 9.72 Å². The van der Waals surface area contributed by atoms with E-state index in [1.165, 1.54) is 19.4 Å². The van der Waals surface area contributed by atoms with Crippen molar-refractivity contribution in [2.45, 2.75) is 37.8 Å². The number of carbonyl (C=O) groups excluding carboxylic acids is 1. The Kier molecular flexibility index (Phi) is 4.11. The monoisotopic (exact) mass is 269 g/mol. The maximum Gasteiger partial charge on any atom is 0.356 e. The van der Waals surface area contributed by atoms with Crippen LogP contribution in [-0.4, -0.2) is 41.5 Å². The summed E-state index contributed by atoms with van der Waals surface area (Å²) in [6.07, 6.45) is -2.20. The fourth-order valence-corrected chi connectivity index (χ4v) is 2.17. The smallest absolute Gasteiger partial charge is 0.356 e. The summed E-state index contributed by atoms with van der Waals surface area (Å²) in [5, 5.41) is 9.86. The summed E-state index contributed by atoms with van der Waals surface area (Å²) >= 11 is 0. The maximum atomic E-state index is 13.8. The van der Waals surface area contributed by atoms with Crippen LogP contribution in [0.5, 0.6) is 0 Å². The zero-order valence-electron chi connectivity index (χ0n) is 10.7. The van der Waals surface area contributed by atoms with Gasteiger partial charge in [-0.2, -0.15) is 0 Å². The van der Waals surface area contributed by atoms with Crippen LogP contribution in [0.1, 0.15) is 35.5 Å². The second-order valence-electron chi connectivity index (χ2n) is 4.40. The molecule has 2 rings (SSSR count). The lowest BCUT2D eigenvalue weighted by Gasteiger charge is -2.14. The summed E-state index contributed by atoms with van der Waals surface area (Å²) in [5.41, 5.74) is 0.618. The van der Waals surface area contributed by atoms with E-state index in [0.717, 1.165) is 0 Å². The minimum absolute atomic E-state index is 0.103. The number of nitrogens with zero attached hydrogens (tertiary/aromatic N) is 1. The summed E-state index contributed by atoms with van der Waals surface area (Å²) in [5.74, 6) is -0.585. The van der Waals surface area contributed by atoms with E-state index in [-0.39, 0.29) is 5.69 Å². The van der Waals surface area contributed by atoms with Gasteiger partial charge in [0.2, 0.25) is 0 Å². The van der Waals surface area contributed by atoms with E-state index in [4.69, 9.17) is 4.74 Å². The predicted molar refractivity (Wildman–Crippen MR) is 64.4 cm³/mol. The lowest BCUT2D eigenvalue weighted by atomic mass is 10.0. The Labute approximate surface area is 110 Å². The zero-order valence-corrected chi connectivity index (χ0v) is 10.7. The first-order valence-electron chi connectivity index (χ1n) is 6.10. The fraction of sp³-hybridized carbons (Fsp3) is 0.538. The average Bonchev–Trinajstić information content (AvgIpc) is 2.74. The number of methoxy groups -OCH3 is 1. The summed E-state index contributed by atoms with van der Waals surface area (Å²) in [6, 6.07) is 3.04. The predicted octanol–water partition coefficient (Wildman–Crippen LogP) is 1.42. The van der Waals surface area contributed by atoms with Crippen molar-refractivity contribution in [2.24, 2.45) is 0 Å². The molecule has 0 spiro atoms. The molecule has 0 unspecified atom stereocenters. The maximum absolute atomic E-state index is 13.8. The third-order valence-electron chi connectivity index (χ3n) is 3.22. The number of halogens is 1. The summed E-state index contributed by atoms with van der Waals surface area (Å²) in [7, 11) is 1.25. The van der Waals surface area contributed by atoms with Crippen LogP contribution < -0.4 is 0 Å². The van der Waals surface area contributed by atoms with Gasteiger partial charge >= 0.3 is 5.97 Å². The van der Waals surface area contributed by atoms with Crippen molar-refractivity contribution < 1.29 is 23.8 Å². The van der Waals surface area contributed by atoms with Gasteiger partial charge in [0.15, 0.2) is 6.17 Å². The Morgan fingerprint density at radius 1 is 1.63 bits per heavy atom. The molecule has 0 saturated carbocycles. The number of aliphatic hydroxyl groups is 1. The van der Waals surface area contributed by atoms with Crippen LogP contribution in [0.2, 0.25) is 0 Å². The van der Waals surface area contributed by atoms with Crippen molar-refractivity contribution in [2.75, 3.05) is 7.11 Å². The number of pyridine rings is 1. The SMILES string of the molecule is CC[C@H]1O[C@@H](c2ccnc(C(=O)OC)c2)[C@H](O)[C@@H]1F. The third-order valence-corrected chi connectivity index (χ3v) is 3.22. The second-order valence-corrected chi connectivity index (χ2v) is 4.40. The molecule has 104 valence electrons. The molecule has 1 aliphatic rings. The van der Waals surface area contributed by atoms with E-state index in [1.54, 1.807) is 13.0 Å². The van der Waals surface area contributed by atoms with Crippen molar-refractivity contribution in [3.63, 3.8) is 0 Å². The van der Waals surface area contributed by atoms with Crippen LogP contribution in [0.4, 0.5) is 4.39 Å². The zero-order chi connectivity index (χ0) is 14.0. The highest BCUT2D eigenvalue weighted by Gasteiger charge is 2.43. The first kappa shape index (κ1) is 13.9. The van der Waals surface area contributed by atoms with E-state index in [0.29, 0.717) is 12.0 Å². The normalized spacial score (nSPS) is 30.3. The van der Waals surface area contributed by atoms with Gasteiger partial charge in [-0.15, -0.1) is 0 Å². The molecule has 0 radical (unpaired) electrons. The van der Waals surface area contributed by atoms with Crippen LogP contribution in [0.3, 0.4) is 0 Å². The molecule has 1 saturated heterocycles. The summed E-state index contributed by atoms with van der Waals surface area (Å²) < 4.78 is 23.8. The van der Waals surface area contributed by atoms with E-state index in [1.807, 2.05) is 0 Å². The Morgan fingerprint density at radius 2 is 2.37 bits per heavy atom. The molecule has 4 atom stereocenters. The quantitative estimate of drug-likeness (QED) is 0.840. The minimum Gasteiger partial charge on any atom is -0.464 e. The highest BCUT2D eigenvalue weighted by Crippen LogP contribution is 2.36. The number of hydrogen-bond acceptors (Lipinski definition) is 5. The van der Waals surface area contributed by atoms with Crippen LogP contribution >= 0.6 is 0 Å². The van der Waals surface area contributed by atoms with Gasteiger partial charge < -0.3 is 14.6 Å². The van der Waals surface area contributed by atoms with Gasteiger partial charge in [0, 0.05) is 6.20 Å². The number of carbonyl (C=O) groups is 1. The van der Waals surface area contributed by atoms with Gasteiger partial charge in [0.1, 0.15) is 17.9 Å². The molecular formula is C13H16FNO4. The second kappa shape index (κ2) is 5.63. The Morgan fingerprint density at radius 3 is 2.95 bits per heavy atom. The fourth-order valence-electron chi connectivity index (χ4n) is 2.17. The van der Waals surface area contributed by atoms with Gasteiger partial charge in [-0.05, 0) is 24.1 Å². The van der Waals surface area contributed by atoms with Crippen molar-refractivity contribution in [3.05, 3.63) is 29.6 Å². The average molecular weight is 269 g/mol. The van der Waals surface area contributed by atoms with Crippen LogP contribution in [0.15, 0.2) is 18.3 Å². The highest BCUT2D eigenvalue weighted by atomic mass is 19.1. The first-order chi connectivity index (χ1) is 9.08. The molecule has 1 fully saturated rings. The van der Waals surface area contributed by atoms with E-state index in [9.17, 15) is 14.3 Å². The lowest BCUT2D eigenvalue weighted by Crippen LogP contribution is -2.25. The number of rotatable bonds is 3. The largest absolute Gasteiger partial charge is 0.464 e. The molecule has 5 nitrogen and oxygen atoms in total. The molecule has 0 aliphatic carbocycles. The molecule has 1 aromatic heterocycles. The highest BCUT2D eigenvalue weighted by molar-refractivity contribution is 5.87. The van der Waals surface area contributed by atoms with Gasteiger partial charge in [0.25, 0.3) is 0 Å². The number of aliphatic hydroxyl groups excluding tert-OH is 1. The molecule has 1 aromatic rings. The first-order valence-corrected chi connectivity index (χ1v) is 6.10. The van der Waals surface area contributed by atoms with E-state index < -0.39 is 30.5 Å². The van der Waals surface area contributed by atoms with Gasteiger partial charge in [-0.3, -0.25) is 0 Å². The molecule has 0 amide bonds. The Bertz CT molecular complexity index is 468. The van der Waals surface area contributed by atoms with Crippen molar-refractivity contribution in [3.8, 4) is 0 Å². The van der Waals surface area contributed by atoms with Crippen molar-refractivity contribution >= 4 is 5.97 Å². The standard InChI is InChI=1S/C13H16FNO4/c1-3-9-10(14)11(16)12(19-9)7-4-5-15-8(6-7)13(17)18-2/h4-6,9-12,16H,3H2,1-2H3/t9-,10-,11-,12+/m1/s1. The Balaban J connectivity index is 2.25. The number of alkyl halides is 1. The van der Waals surface area contributed by atoms with Gasteiger partial charge in [-0.1, -0.05) is 6.92 Å². The van der Waals surface area contributed by atoms with Gasteiger partial charge in [-0.25, -0.2) is 14.2 Å². The summed E-state index contributed by atoms with van der Waals surface area (Å²) in [4.78, 5) is 15.2. The van der Waals surface area contributed by atoms with Crippen LogP contribution in [0, 0.1) is 0 Å². The molecule has 6 heteroatoms. The van der Waals surface area contributed by atoms with Gasteiger partial charge in [0.05, 0.1) is 13.2 Å². The Hall–Kier alpha value is -1.53. The third kappa shape index (κ3) is 2.59. The molecule has 1 aliphatic heterocycles.